The highest BCUT2D eigenvalue weighted by molar-refractivity contribution is 5.95. The summed E-state index contributed by atoms with van der Waals surface area (Å²) < 4.78 is 39.8. The van der Waals surface area contributed by atoms with E-state index in [-0.39, 0.29) is 17.4 Å². The molecule has 2 saturated heterocycles. The molecule has 4 aliphatic rings. The molecule has 15 nitrogen and oxygen atoms in total. The maximum absolute atomic E-state index is 13.7. The van der Waals surface area contributed by atoms with Crippen molar-refractivity contribution in [1.29, 1.82) is 0 Å². The highest BCUT2D eigenvalue weighted by atomic mass is 16.8. The Bertz CT molecular complexity index is 1490. The zero-order chi connectivity index (χ0) is 34.2. The lowest BCUT2D eigenvalue weighted by atomic mass is 9.73. The molecule has 254 valence electrons. The SMILES string of the molecule is C=C[C@H]1[C@H](O[C@@H]2O[C@H](COC(C)=O)[C@@H](OC(C)=O)[C@H](OC(C)=O)[C@H]2OC(C)=O)OC=C2C(=O)N3CCc4ccc(O)c(O)c4[C@@H]3C[C@H]21. The molecule has 1 aromatic rings. The summed E-state index contributed by atoms with van der Waals surface area (Å²) in [5.74, 6) is -5.15. The van der Waals surface area contributed by atoms with E-state index in [2.05, 4.69) is 6.58 Å². The van der Waals surface area contributed by atoms with Gasteiger partial charge in [-0.1, -0.05) is 12.1 Å². The fourth-order valence-electron chi connectivity index (χ4n) is 6.71. The Hall–Kier alpha value is -4.63. The van der Waals surface area contributed by atoms with E-state index < -0.39 is 85.4 Å². The first kappa shape index (κ1) is 33.7. The summed E-state index contributed by atoms with van der Waals surface area (Å²) in [6, 6.07) is 2.58. The van der Waals surface area contributed by atoms with Gasteiger partial charge in [0.05, 0.1) is 17.9 Å². The average Bonchev–Trinajstić information content (AvgIpc) is 3.00. The van der Waals surface area contributed by atoms with Gasteiger partial charge in [-0.2, -0.15) is 0 Å². The molecule has 0 unspecified atom stereocenters. The lowest BCUT2D eigenvalue weighted by Crippen LogP contribution is -2.63. The van der Waals surface area contributed by atoms with Gasteiger partial charge in [-0.25, -0.2) is 0 Å². The number of esters is 4. The Balaban J connectivity index is 1.48. The van der Waals surface area contributed by atoms with Gasteiger partial charge in [0.15, 0.2) is 29.8 Å². The summed E-state index contributed by atoms with van der Waals surface area (Å²) in [7, 11) is 0. The van der Waals surface area contributed by atoms with Gasteiger partial charge in [-0.3, -0.25) is 24.0 Å². The molecule has 0 aliphatic carbocycles. The monoisotopic (exact) mass is 659 g/mol. The van der Waals surface area contributed by atoms with Crippen LogP contribution in [0.1, 0.15) is 51.3 Å². The lowest BCUT2D eigenvalue weighted by Gasteiger charge is -2.49. The second-order valence-corrected chi connectivity index (χ2v) is 11.7. The van der Waals surface area contributed by atoms with Crippen LogP contribution >= 0.6 is 0 Å². The molecule has 47 heavy (non-hydrogen) atoms. The van der Waals surface area contributed by atoms with Crippen LogP contribution < -0.4 is 0 Å². The van der Waals surface area contributed by atoms with Gasteiger partial charge in [0.1, 0.15) is 12.7 Å². The minimum atomic E-state index is -1.52. The van der Waals surface area contributed by atoms with Crippen molar-refractivity contribution in [3.05, 3.63) is 47.7 Å². The minimum absolute atomic E-state index is 0.287. The number of rotatable bonds is 8. The second-order valence-electron chi connectivity index (χ2n) is 11.7. The van der Waals surface area contributed by atoms with Gasteiger partial charge >= 0.3 is 23.9 Å². The molecule has 2 N–H and O–H groups in total. The predicted octanol–water partition coefficient (Wildman–Crippen LogP) is 1.69. The number of carbonyl (C=O) groups is 5. The van der Waals surface area contributed by atoms with Crippen molar-refractivity contribution < 1.29 is 67.3 Å². The zero-order valence-electron chi connectivity index (χ0n) is 26.3. The van der Waals surface area contributed by atoms with Gasteiger partial charge in [0, 0.05) is 51.6 Å². The number of phenolic OH excluding ortho intramolecular Hbond substituents is 2. The van der Waals surface area contributed by atoms with E-state index >= 15 is 0 Å². The van der Waals surface area contributed by atoms with Crippen LogP contribution in [0.2, 0.25) is 0 Å². The van der Waals surface area contributed by atoms with E-state index in [0.29, 0.717) is 30.5 Å². The molecule has 0 aromatic heterocycles. The van der Waals surface area contributed by atoms with Gasteiger partial charge in [0.25, 0.3) is 5.91 Å². The largest absolute Gasteiger partial charge is 0.504 e. The van der Waals surface area contributed by atoms with Crippen molar-refractivity contribution in [2.45, 2.75) is 83.6 Å². The molecular formula is C32H37NO14. The molecule has 0 saturated carbocycles. The van der Waals surface area contributed by atoms with E-state index in [1.165, 1.54) is 12.3 Å². The Morgan fingerprint density at radius 2 is 1.62 bits per heavy atom. The van der Waals surface area contributed by atoms with Crippen LogP contribution in [0, 0.1) is 11.8 Å². The number of hydrogen-bond donors (Lipinski definition) is 2. The molecule has 0 radical (unpaired) electrons. The van der Waals surface area contributed by atoms with Gasteiger partial charge < -0.3 is 48.3 Å². The normalized spacial score (nSPS) is 31.1. The van der Waals surface area contributed by atoms with Crippen LogP contribution in [0.25, 0.3) is 0 Å². The number of benzene rings is 1. The molecule has 5 rings (SSSR count). The molecule has 15 heteroatoms. The molecule has 4 heterocycles. The summed E-state index contributed by atoms with van der Waals surface area (Å²) in [5, 5.41) is 21.0. The maximum Gasteiger partial charge on any atom is 0.303 e. The number of hydrogen-bond acceptors (Lipinski definition) is 14. The third-order valence-corrected chi connectivity index (χ3v) is 8.60. The van der Waals surface area contributed by atoms with Crippen molar-refractivity contribution in [1.82, 2.24) is 4.90 Å². The average molecular weight is 660 g/mol. The summed E-state index contributed by atoms with van der Waals surface area (Å²) in [6.45, 7) is 8.39. The standard InChI is InChI=1S/C32H37NO14/c1-6-19-20-11-22-25-18(7-8-23(38)26(25)39)9-10-33(22)30(40)21(20)12-42-31(19)47-32-29(45-17(5)37)28(44-16(4)36)27(43-15(3)35)24(46-32)13-41-14(2)34/h6-8,12,19-20,22,24,27-29,31-32,38-39H,1,9-11,13H2,2-5H3/t19-,20+,22+,24-,27-,28+,29-,31+,32+/m1/s1. The van der Waals surface area contributed by atoms with Crippen molar-refractivity contribution in [3.8, 4) is 11.5 Å². The van der Waals surface area contributed by atoms with Gasteiger partial charge in [0.2, 0.25) is 12.6 Å². The van der Waals surface area contributed by atoms with Crippen molar-refractivity contribution >= 4 is 29.8 Å². The predicted molar refractivity (Wildman–Crippen MR) is 156 cm³/mol. The van der Waals surface area contributed by atoms with E-state index in [4.69, 9.17) is 33.2 Å². The molecule has 0 bridgehead atoms. The fraction of sp³-hybridized carbons (Fsp3) is 0.531. The van der Waals surface area contributed by atoms with Gasteiger partial charge in [-0.05, 0) is 24.5 Å². The third-order valence-electron chi connectivity index (χ3n) is 8.60. The van der Waals surface area contributed by atoms with Crippen LogP contribution in [-0.2, 0) is 63.6 Å². The zero-order valence-corrected chi connectivity index (χ0v) is 26.3. The summed E-state index contributed by atoms with van der Waals surface area (Å²) >= 11 is 0. The van der Waals surface area contributed by atoms with Crippen molar-refractivity contribution in [2.75, 3.05) is 13.2 Å². The van der Waals surface area contributed by atoms with Crippen LogP contribution in [0.5, 0.6) is 11.5 Å². The first-order valence-corrected chi connectivity index (χ1v) is 15.1. The Kier molecular flexibility index (Phi) is 9.77. The van der Waals surface area contributed by atoms with E-state index in [1.54, 1.807) is 17.0 Å². The van der Waals surface area contributed by atoms with Crippen molar-refractivity contribution in [3.63, 3.8) is 0 Å². The third kappa shape index (κ3) is 6.76. The summed E-state index contributed by atoms with van der Waals surface area (Å²) in [4.78, 5) is 63.5. The quantitative estimate of drug-likeness (QED) is 0.177. The molecule has 2 fully saturated rings. The maximum atomic E-state index is 13.7. The molecule has 1 aromatic carbocycles. The number of carbonyl (C=O) groups excluding carboxylic acids is 5. The molecular weight excluding hydrogens is 622 g/mol. The fourth-order valence-corrected chi connectivity index (χ4v) is 6.71. The van der Waals surface area contributed by atoms with Crippen molar-refractivity contribution in [2.24, 2.45) is 11.8 Å². The lowest BCUT2D eigenvalue weighted by molar-refractivity contribution is -0.342. The van der Waals surface area contributed by atoms with Crippen LogP contribution in [0.4, 0.5) is 0 Å². The minimum Gasteiger partial charge on any atom is -0.504 e. The molecule has 0 spiro atoms. The van der Waals surface area contributed by atoms with Crippen LogP contribution in [-0.4, -0.2) is 95.0 Å². The number of ether oxygens (including phenoxy) is 7. The Labute approximate surface area is 269 Å². The van der Waals surface area contributed by atoms with Crippen LogP contribution in [0.15, 0.2) is 36.6 Å². The molecule has 4 aliphatic heterocycles. The first-order valence-electron chi connectivity index (χ1n) is 15.1. The Morgan fingerprint density at radius 3 is 2.26 bits per heavy atom. The molecule has 9 atom stereocenters. The van der Waals surface area contributed by atoms with Crippen LogP contribution in [0.3, 0.4) is 0 Å². The number of piperidine rings is 1. The number of fused-ring (bicyclic) bond motifs is 4. The number of nitrogens with zero attached hydrogens (tertiary/aromatic N) is 1. The van der Waals surface area contributed by atoms with Gasteiger partial charge in [-0.15, -0.1) is 6.58 Å². The second kappa shape index (κ2) is 13.6. The first-order chi connectivity index (χ1) is 22.3. The number of aromatic hydroxyl groups is 2. The van der Waals surface area contributed by atoms with E-state index in [9.17, 15) is 34.2 Å². The number of amides is 1. The van der Waals surface area contributed by atoms with E-state index in [0.717, 1.165) is 33.3 Å². The Morgan fingerprint density at radius 1 is 0.957 bits per heavy atom. The smallest absolute Gasteiger partial charge is 0.303 e. The molecule has 1 amide bonds. The highest BCUT2D eigenvalue weighted by Crippen LogP contribution is 2.51. The highest BCUT2D eigenvalue weighted by Gasteiger charge is 2.55. The topological polar surface area (TPSA) is 194 Å². The summed E-state index contributed by atoms with van der Waals surface area (Å²) in [6.07, 6.45) is -4.61. The van der Waals surface area contributed by atoms with E-state index in [1.807, 2.05) is 0 Å². The summed E-state index contributed by atoms with van der Waals surface area (Å²) in [5.41, 5.74) is 1.64. The number of phenols is 2.